The molecule has 32 heavy (non-hydrogen) atoms. The number of hydrogen-bond donors (Lipinski definition) is 3. The van der Waals surface area contributed by atoms with Gasteiger partial charge < -0.3 is 15.6 Å². The number of nitrogens with one attached hydrogen (secondary N) is 1. The number of anilines is 1. The number of ether oxygens (including phenoxy) is 1. The van der Waals surface area contributed by atoms with Gasteiger partial charge in [0.05, 0.1) is 13.3 Å². The van der Waals surface area contributed by atoms with Crippen LogP contribution in [0.4, 0.5) is 5.82 Å². The molecule has 0 aliphatic heterocycles. The van der Waals surface area contributed by atoms with Gasteiger partial charge in [0.15, 0.2) is 5.69 Å². The third kappa shape index (κ3) is 4.06. The molecule has 0 spiro atoms. The monoisotopic (exact) mass is 454 g/mol. The number of benzene rings is 2. The van der Waals surface area contributed by atoms with Gasteiger partial charge in [-0.2, -0.15) is 9.78 Å². The molecule has 4 aromatic rings. The van der Waals surface area contributed by atoms with Crippen molar-refractivity contribution < 1.29 is 19.3 Å². The van der Waals surface area contributed by atoms with Gasteiger partial charge in [-0.1, -0.05) is 28.9 Å². The SMILES string of the molecule is COc1cccc(-c2c(C(=O)N/N=C\c3cc(Cl)ccc3O)nnn2-c2nonc2N)c1. The Hall–Kier alpha value is -4.45. The Morgan fingerprint density at radius 3 is 2.91 bits per heavy atom. The molecule has 2 aromatic heterocycles. The zero-order valence-corrected chi connectivity index (χ0v) is 17.2. The molecule has 162 valence electrons. The van der Waals surface area contributed by atoms with Crippen LogP contribution in [0, 0.1) is 0 Å². The van der Waals surface area contributed by atoms with E-state index >= 15 is 0 Å². The van der Waals surface area contributed by atoms with Crippen molar-refractivity contribution >= 4 is 29.5 Å². The molecule has 0 fully saturated rings. The van der Waals surface area contributed by atoms with Crippen LogP contribution in [0.5, 0.6) is 11.5 Å². The molecule has 0 unspecified atom stereocenters. The highest BCUT2D eigenvalue weighted by Gasteiger charge is 2.25. The van der Waals surface area contributed by atoms with Crippen molar-refractivity contribution in [2.45, 2.75) is 0 Å². The second-order valence-corrected chi connectivity index (χ2v) is 6.74. The second kappa shape index (κ2) is 8.73. The van der Waals surface area contributed by atoms with E-state index in [0.717, 1.165) is 0 Å². The number of carbonyl (C=O) groups is 1. The van der Waals surface area contributed by atoms with E-state index in [4.69, 9.17) is 22.1 Å². The lowest BCUT2D eigenvalue weighted by molar-refractivity contribution is 0.0950. The van der Waals surface area contributed by atoms with Crippen molar-refractivity contribution in [2.24, 2.45) is 5.10 Å². The van der Waals surface area contributed by atoms with Crippen LogP contribution in [0.15, 0.2) is 52.2 Å². The van der Waals surface area contributed by atoms with Gasteiger partial charge in [-0.3, -0.25) is 4.79 Å². The van der Waals surface area contributed by atoms with Gasteiger partial charge in [-0.25, -0.2) is 10.1 Å². The predicted molar refractivity (Wildman–Crippen MR) is 114 cm³/mol. The molecule has 0 radical (unpaired) electrons. The summed E-state index contributed by atoms with van der Waals surface area (Å²) in [7, 11) is 1.52. The lowest BCUT2D eigenvalue weighted by atomic mass is 10.1. The summed E-state index contributed by atoms with van der Waals surface area (Å²) in [5.74, 6) is -0.171. The predicted octanol–water partition coefficient (Wildman–Crippen LogP) is 2.03. The fourth-order valence-corrected chi connectivity index (χ4v) is 2.97. The molecule has 0 atom stereocenters. The molecular weight excluding hydrogens is 440 g/mol. The summed E-state index contributed by atoms with van der Waals surface area (Å²) >= 11 is 5.91. The Morgan fingerprint density at radius 2 is 2.16 bits per heavy atom. The van der Waals surface area contributed by atoms with Crippen LogP contribution >= 0.6 is 11.6 Å². The number of phenolic OH excluding ortho intramolecular Hbond substituents is 1. The number of carbonyl (C=O) groups excluding carboxylic acids is 1. The van der Waals surface area contributed by atoms with Crippen LogP contribution in [-0.4, -0.2) is 49.6 Å². The summed E-state index contributed by atoms with van der Waals surface area (Å²) in [6.45, 7) is 0. The van der Waals surface area contributed by atoms with E-state index in [0.29, 0.717) is 21.9 Å². The number of hydrogen-bond acceptors (Lipinski definition) is 10. The Labute approximate surface area is 185 Å². The van der Waals surface area contributed by atoms with E-state index < -0.39 is 5.91 Å². The highest BCUT2D eigenvalue weighted by Crippen LogP contribution is 2.29. The van der Waals surface area contributed by atoms with E-state index in [1.807, 2.05) is 0 Å². The summed E-state index contributed by atoms with van der Waals surface area (Å²) in [6.07, 6.45) is 1.24. The first-order valence-electron chi connectivity index (χ1n) is 8.98. The molecule has 12 nitrogen and oxygen atoms in total. The van der Waals surface area contributed by atoms with Crippen LogP contribution in [0.25, 0.3) is 17.1 Å². The van der Waals surface area contributed by atoms with E-state index in [1.165, 1.54) is 36.2 Å². The second-order valence-electron chi connectivity index (χ2n) is 6.31. The summed E-state index contributed by atoms with van der Waals surface area (Å²) in [5, 5.41) is 29.3. The van der Waals surface area contributed by atoms with Crippen LogP contribution < -0.4 is 15.9 Å². The van der Waals surface area contributed by atoms with Crippen molar-refractivity contribution in [3.63, 3.8) is 0 Å². The van der Waals surface area contributed by atoms with Crippen molar-refractivity contribution in [1.29, 1.82) is 0 Å². The first-order valence-corrected chi connectivity index (χ1v) is 9.36. The fraction of sp³-hybridized carbons (Fsp3) is 0.0526. The molecule has 0 bridgehead atoms. The van der Waals surface area contributed by atoms with Gasteiger partial charge >= 0.3 is 0 Å². The van der Waals surface area contributed by atoms with Gasteiger partial charge in [0.2, 0.25) is 11.6 Å². The number of nitrogens with two attached hydrogens (primary N) is 1. The van der Waals surface area contributed by atoms with Crippen LogP contribution in [0.1, 0.15) is 16.1 Å². The zero-order valence-electron chi connectivity index (χ0n) is 16.4. The molecule has 0 aliphatic carbocycles. The normalized spacial score (nSPS) is 11.1. The fourth-order valence-electron chi connectivity index (χ4n) is 2.79. The number of nitrogens with zero attached hydrogens (tertiary/aromatic N) is 6. The highest BCUT2D eigenvalue weighted by molar-refractivity contribution is 6.30. The molecule has 13 heteroatoms. The topological polar surface area (TPSA) is 167 Å². The van der Waals surface area contributed by atoms with E-state index in [-0.39, 0.29) is 28.8 Å². The van der Waals surface area contributed by atoms with Crippen LogP contribution in [0.3, 0.4) is 0 Å². The van der Waals surface area contributed by atoms with Crippen LogP contribution in [0.2, 0.25) is 5.02 Å². The lowest BCUT2D eigenvalue weighted by Crippen LogP contribution is -2.19. The average Bonchev–Trinajstić information content (AvgIpc) is 3.42. The van der Waals surface area contributed by atoms with Gasteiger partial charge in [0.25, 0.3) is 5.91 Å². The quantitative estimate of drug-likeness (QED) is 0.291. The number of nitrogen functional groups attached to an aromatic ring is 1. The molecule has 2 aromatic carbocycles. The maximum absolute atomic E-state index is 12.9. The number of methoxy groups -OCH3 is 1. The third-order valence-corrected chi connectivity index (χ3v) is 4.52. The Bertz CT molecular complexity index is 1320. The van der Waals surface area contributed by atoms with Gasteiger partial charge in [0, 0.05) is 16.1 Å². The van der Waals surface area contributed by atoms with Gasteiger partial charge in [-0.05, 0) is 40.6 Å². The Balaban J connectivity index is 1.71. The number of halogens is 1. The number of hydrazone groups is 1. The van der Waals surface area contributed by atoms with Crippen molar-refractivity contribution in [1.82, 2.24) is 30.7 Å². The average molecular weight is 455 g/mol. The molecule has 0 saturated heterocycles. The lowest BCUT2D eigenvalue weighted by Gasteiger charge is -2.07. The molecule has 2 heterocycles. The minimum atomic E-state index is -0.679. The Morgan fingerprint density at radius 1 is 1.31 bits per heavy atom. The third-order valence-electron chi connectivity index (χ3n) is 4.28. The zero-order chi connectivity index (χ0) is 22.7. The molecular formula is C19H15ClN8O4. The Kier molecular flexibility index (Phi) is 5.68. The highest BCUT2D eigenvalue weighted by atomic mass is 35.5. The first kappa shape index (κ1) is 20.8. The van der Waals surface area contributed by atoms with Gasteiger partial charge in [-0.15, -0.1) is 5.10 Å². The smallest absolute Gasteiger partial charge is 0.294 e. The van der Waals surface area contributed by atoms with E-state index in [2.05, 4.69) is 35.8 Å². The minimum absolute atomic E-state index is 0.0412. The largest absolute Gasteiger partial charge is 0.507 e. The minimum Gasteiger partial charge on any atom is -0.507 e. The molecule has 4 rings (SSSR count). The number of phenols is 1. The summed E-state index contributed by atoms with van der Waals surface area (Å²) in [5.41, 5.74) is 9.17. The van der Waals surface area contributed by atoms with Crippen LogP contribution in [-0.2, 0) is 0 Å². The maximum Gasteiger partial charge on any atom is 0.294 e. The number of aromatic nitrogens is 5. The number of rotatable bonds is 6. The summed E-state index contributed by atoms with van der Waals surface area (Å²) in [6, 6.07) is 11.3. The standard InChI is InChI=1S/C19H15ClN8O4/c1-31-13-4-2-3-10(8-13)16-15(23-27-28(16)18-17(21)25-32-26-18)19(30)24-22-9-11-7-12(20)5-6-14(11)29/h2-9,29H,1H3,(H2,21,25)(H,24,30)/b22-9-. The molecule has 0 saturated carbocycles. The van der Waals surface area contributed by atoms with E-state index in [9.17, 15) is 9.90 Å². The van der Waals surface area contributed by atoms with Crippen molar-refractivity contribution in [2.75, 3.05) is 12.8 Å². The maximum atomic E-state index is 12.9. The summed E-state index contributed by atoms with van der Waals surface area (Å²) < 4.78 is 11.1. The number of amides is 1. The van der Waals surface area contributed by atoms with Crippen molar-refractivity contribution in [3.05, 3.63) is 58.7 Å². The first-order chi connectivity index (χ1) is 15.5. The van der Waals surface area contributed by atoms with E-state index in [1.54, 1.807) is 24.3 Å². The molecule has 4 N–H and O–H groups in total. The number of aromatic hydroxyl groups is 1. The van der Waals surface area contributed by atoms with Crippen molar-refractivity contribution in [3.8, 4) is 28.6 Å². The summed E-state index contributed by atoms with van der Waals surface area (Å²) in [4.78, 5) is 12.9. The van der Waals surface area contributed by atoms with Gasteiger partial charge in [0.1, 0.15) is 17.2 Å². The molecule has 0 aliphatic rings. The molecule has 1 amide bonds.